The van der Waals surface area contributed by atoms with Gasteiger partial charge in [0.25, 0.3) is 11.5 Å². The number of carbonyl (C=O) groups is 1. The van der Waals surface area contributed by atoms with Crippen molar-refractivity contribution in [2.75, 3.05) is 19.0 Å². The Kier molecular flexibility index (Phi) is 6.01. The lowest BCUT2D eigenvalue weighted by Gasteiger charge is -2.15. The summed E-state index contributed by atoms with van der Waals surface area (Å²) in [5.74, 6) is -0.669. The van der Waals surface area contributed by atoms with Crippen LogP contribution in [0, 0.1) is 6.92 Å². The van der Waals surface area contributed by atoms with Crippen molar-refractivity contribution in [3.8, 4) is 5.69 Å². The first kappa shape index (κ1) is 21.2. The molecular formula is C19H18F3N5O3. The number of carbonyl (C=O) groups excluding carboxylic acids is 1. The van der Waals surface area contributed by atoms with Crippen LogP contribution in [-0.4, -0.2) is 39.2 Å². The molecule has 1 amide bonds. The van der Waals surface area contributed by atoms with Crippen LogP contribution in [-0.2, 0) is 17.5 Å². The standard InChI is InChI=1S/C19H18F3N5O3/c1-12-11-16(27(24-12)15-6-4-3-5-13(15)19(20,21)22)23-18(29)14-7-8-17(28)26(25-14)9-10-30-2/h3-8,11H,9-10H2,1-2H3,(H,23,29). The topological polar surface area (TPSA) is 91.0 Å². The van der Waals surface area contributed by atoms with E-state index in [2.05, 4.69) is 15.5 Å². The SMILES string of the molecule is COCCn1nc(C(=O)Nc2cc(C)nn2-c2ccccc2C(F)(F)F)ccc1=O. The smallest absolute Gasteiger partial charge is 0.383 e. The average molecular weight is 421 g/mol. The number of aryl methyl sites for hydroxylation is 1. The summed E-state index contributed by atoms with van der Waals surface area (Å²) in [5.41, 5.74) is -1.22. The van der Waals surface area contributed by atoms with Crippen LogP contribution in [0.1, 0.15) is 21.7 Å². The molecule has 0 atom stereocenters. The molecule has 0 spiro atoms. The van der Waals surface area contributed by atoms with Crippen molar-refractivity contribution in [1.29, 1.82) is 0 Å². The zero-order chi connectivity index (χ0) is 21.9. The molecule has 8 nitrogen and oxygen atoms in total. The van der Waals surface area contributed by atoms with E-state index in [-0.39, 0.29) is 30.4 Å². The Morgan fingerprint density at radius 2 is 1.90 bits per heavy atom. The second-order valence-electron chi connectivity index (χ2n) is 6.32. The van der Waals surface area contributed by atoms with E-state index < -0.39 is 23.2 Å². The average Bonchev–Trinajstić information content (AvgIpc) is 3.06. The summed E-state index contributed by atoms with van der Waals surface area (Å²) < 4.78 is 47.2. The van der Waals surface area contributed by atoms with Crippen LogP contribution in [0.3, 0.4) is 0 Å². The summed E-state index contributed by atoms with van der Waals surface area (Å²) in [7, 11) is 1.46. The van der Waals surface area contributed by atoms with Gasteiger partial charge >= 0.3 is 6.18 Å². The number of nitrogens with zero attached hydrogens (tertiary/aromatic N) is 4. The number of benzene rings is 1. The molecule has 0 aliphatic heterocycles. The maximum absolute atomic E-state index is 13.4. The summed E-state index contributed by atoms with van der Waals surface area (Å²) in [5, 5.41) is 10.6. The molecule has 2 heterocycles. The molecule has 1 N–H and O–H groups in total. The Labute approximate surface area is 168 Å². The molecule has 3 rings (SSSR count). The third-order valence-corrected chi connectivity index (χ3v) is 4.12. The van der Waals surface area contributed by atoms with Gasteiger partial charge in [-0.15, -0.1) is 0 Å². The van der Waals surface area contributed by atoms with E-state index in [0.29, 0.717) is 5.69 Å². The number of amides is 1. The highest BCUT2D eigenvalue weighted by atomic mass is 19.4. The van der Waals surface area contributed by atoms with Crippen LogP contribution in [0.15, 0.2) is 47.3 Å². The number of anilines is 1. The second-order valence-corrected chi connectivity index (χ2v) is 6.32. The van der Waals surface area contributed by atoms with E-state index in [1.165, 1.54) is 43.5 Å². The minimum Gasteiger partial charge on any atom is -0.383 e. The van der Waals surface area contributed by atoms with Gasteiger partial charge in [0, 0.05) is 19.2 Å². The Bertz CT molecular complexity index is 1120. The molecule has 0 saturated heterocycles. The van der Waals surface area contributed by atoms with Gasteiger partial charge in [0.1, 0.15) is 11.5 Å². The van der Waals surface area contributed by atoms with E-state index in [4.69, 9.17) is 4.74 Å². The molecule has 3 aromatic rings. The first-order valence-electron chi connectivity index (χ1n) is 8.82. The van der Waals surface area contributed by atoms with Gasteiger partial charge in [-0.3, -0.25) is 9.59 Å². The number of alkyl halides is 3. The first-order chi connectivity index (χ1) is 14.2. The third-order valence-electron chi connectivity index (χ3n) is 4.12. The van der Waals surface area contributed by atoms with Crippen LogP contribution < -0.4 is 10.9 Å². The van der Waals surface area contributed by atoms with Crippen molar-refractivity contribution in [3.05, 3.63) is 69.8 Å². The van der Waals surface area contributed by atoms with E-state index in [9.17, 15) is 22.8 Å². The highest BCUT2D eigenvalue weighted by molar-refractivity contribution is 6.02. The highest BCUT2D eigenvalue weighted by Crippen LogP contribution is 2.34. The van der Waals surface area contributed by atoms with Gasteiger partial charge in [-0.2, -0.15) is 23.4 Å². The molecule has 0 fully saturated rings. The van der Waals surface area contributed by atoms with E-state index in [1.54, 1.807) is 6.92 Å². The van der Waals surface area contributed by atoms with Crippen LogP contribution in [0.4, 0.5) is 19.0 Å². The number of para-hydroxylation sites is 1. The molecule has 158 valence electrons. The summed E-state index contributed by atoms with van der Waals surface area (Å²) in [4.78, 5) is 24.5. The number of halogens is 3. The first-order valence-corrected chi connectivity index (χ1v) is 8.82. The maximum Gasteiger partial charge on any atom is 0.418 e. The largest absolute Gasteiger partial charge is 0.418 e. The number of hydrogen-bond acceptors (Lipinski definition) is 5. The monoisotopic (exact) mass is 421 g/mol. The number of hydrogen-bond donors (Lipinski definition) is 1. The van der Waals surface area contributed by atoms with Crippen molar-refractivity contribution in [1.82, 2.24) is 19.6 Å². The molecular weight excluding hydrogens is 403 g/mol. The van der Waals surface area contributed by atoms with Gasteiger partial charge in [0.2, 0.25) is 0 Å². The van der Waals surface area contributed by atoms with Crippen LogP contribution in [0.2, 0.25) is 0 Å². The minimum absolute atomic E-state index is 0.0330. The number of rotatable bonds is 6. The number of aromatic nitrogens is 4. The van der Waals surface area contributed by atoms with Crippen molar-refractivity contribution < 1.29 is 22.7 Å². The molecule has 11 heteroatoms. The van der Waals surface area contributed by atoms with Crippen molar-refractivity contribution in [3.63, 3.8) is 0 Å². The third kappa shape index (κ3) is 4.57. The normalized spacial score (nSPS) is 11.5. The number of ether oxygens (including phenoxy) is 1. The van der Waals surface area contributed by atoms with Gasteiger partial charge < -0.3 is 10.1 Å². The maximum atomic E-state index is 13.4. The van der Waals surface area contributed by atoms with Gasteiger partial charge in [0.15, 0.2) is 0 Å². The van der Waals surface area contributed by atoms with Crippen molar-refractivity contribution in [2.45, 2.75) is 19.6 Å². The van der Waals surface area contributed by atoms with Crippen LogP contribution >= 0.6 is 0 Å². The highest BCUT2D eigenvalue weighted by Gasteiger charge is 2.34. The van der Waals surface area contributed by atoms with E-state index in [1.807, 2.05) is 0 Å². The van der Waals surface area contributed by atoms with Crippen molar-refractivity contribution in [2.24, 2.45) is 0 Å². The Hall–Kier alpha value is -3.47. The quantitative estimate of drug-likeness (QED) is 0.661. The molecule has 0 unspecified atom stereocenters. The lowest BCUT2D eigenvalue weighted by molar-refractivity contribution is -0.137. The number of methoxy groups -OCH3 is 1. The summed E-state index contributed by atoms with van der Waals surface area (Å²) >= 11 is 0. The van der Waals surface area contributed by atoms with E-state index >= 15 is 0 Å². The summed E-state index contributed by atoms with van der Waals surface area (Å²) in [6.07, 6.45) is -4.60. The molecule has 0 aliphatic carbocycles. The summed E-state index contributed by atoms with van der Waals surface area (Å²) in [6.45, 7) is 1.95. The predicted molar refractivity (Wildman–Crippen MR) is 102 cm³/mol. The summed E-state index contributed by atoms with van der Waals surface area (Å²) in [6, 6.07) is 8.76. The molecule has 1 aromatic carbocycles. The lowest BCUT2D eigenvalue weighted by Crippen LogP contribution is -2.28. The molecule has 0 saturated carbocycles. The predicted octanol–water partition coefficient (Wildman–Crippen LogP) is 2.65. The van der Waals surface area contributed by atoms with Gasteiger partial charge in [-0.05, 0) is 25.1 Å². The van der Waals surface area contributed by atoms with Gasteiger partial charge in [0.05, 0.1) is 30.1 Å². The Balaban J connectivity index is 1.95. The molecule has 30 heavy (non-hydrogen) atoms. The van der Waals surface area contributed by atoms with Crippen LogP contribution in [0.5, 0.6) is 0 Å². The fourth-order valence-electron chi connectivity index (χ4n) is 2.76. The minimum atomic E-state index is -4.60. The Morgan fingerprint density at radius 1 is 1.17 bits per heavy atom. The van der Waals surface area contributed by atoms with Crippen molar-refractivity contribution >= 4 is 11.7 Å². The fraction of sp³-hybridized carbons (Fsp3) is 0.263. The second kappa shape index (κ2) is 8.49. The molecule has 0 radical (unpaired) electrons. The lowest BCUT2D eigenvalue weighted by atomic mass is 10.1. The zero-order valence-corrected chi connectivity index (χ0v) is 16.1. The molecule has 0 aliphatic rings. The van der Waals surface area contributed by atoms with Gasteiger partial charge in [-0.25, -0.2) is 9.36 Å². The van der Waals surface area contributed by atoms with Crippen LogP contribution in [0.25, 0.3) is 5.69 Å². The molecule has 2 aromatic heterocycles. The van der Waals surface area contributed by atoms with E-state index in [0.717, 1.165) is 15.4 Å². The van der Waals surface area contributed by atoms with Gasteiger partial charge in [-0.1, -0.05) is 12.1 Å². The number of nitrogens with one attached hydrogen (secondary N) is 1. The molecule has 0 bridgehead atoms. The zero-order valence-electron chi connectivity index (χ0n) is 16.1. The Morgan fingerprint density at radius 3 is 2.60 bits per heavy atom. The fourth-order valence-corrected chi connectivity index (χ4v) is 2.76.